The van der Waals surface area contributed by atoms with Crippen LogP contribution in [0.15, 0.2) is 48.9 Å². The van der Waals surface area contributed by atoms with Gasteiger partial charge in [-0.2, -0.15) is 0 Å². The number of nitrogens with zero attached hydrogens (tertiary/aromatic N) is 3. The Balaban J connectivity index is 1.49. The van der Waals surface area contributed by atoms with Gasteiger partial charge in [0.25, 0.3) is 0 Å². The van der Waals surface area contributed by atoms with Gasteiger partial charge in [-0.1, -0.05) is 30.3 Å². The molecule has 21 heavy (non-hydrogen) atoms. The Bertz CT molecular complexity index is 529. The number of benzene rings is 1. The molecule has 110 valence electrons. The van der Waals surface area contributed by atoms with Gasteiger partial charge in [0, 0.05) is 25.8 Å². The third kappa shape index (κ3) is 4.26. The quantitative estimate of drug-likeness (QED) is 0.915. The molecule has 1 atom stereocenters. The highest BCUT2D eigenvalue weighted by Crippen LogP contribution is 2.19. The maximum atomic E-state index is 4.21. The number of nitrogens with one attached hydrogen (secondary N) is 1. The molecule has 1 aliphatic rings. The van der Waals surface area contributed by atoms with Crippen molar-refractivity contribution in [3.05, 3.63) is 54.5 Å². The monoisotopic (exact) mass is 282 g/mol. The predicted molar refractivity (Wildman–Crippen MR) is 85.0 cm³/mol. The molecule has 0 unspecified atom stereocenters. The lowest BCUT2D eigenvalue weighted by molar-refractivity contribution is 0.173. The zero-order chi connectivity index (χ0) is 14.3. The summed E-state index contributed by atoms with van der Waals surface area (Å²) in [6, 6.07) is 12.7. The van der Waals surface area contributed by atoms with Crippen molar-refractivity contribution in [2.75, 3.05) is 25.0 Å². The third-order valence-corrected chi connectivity index (χ3v) is 4.01. The van der Waals surface area contributed by atoms with Gasteiger partial charge in [-0.15, -0.1) is 0 Å². The molecule has 0 saturated carbocycles. The molecule has 1 saturated heterocycles. The zero-order valence-electron chi connectivity index (χ0n) is 12.3. The van der Waals surface area contributed by atoms with E-state index in [9.17, 15) is 0 Å². The molecular weight excluding hydrogens is 260 g/mol. The topological polar surface area (TPSA) is 41.0 Å². The Kier molecular flexibility index (Phi) is 4.79. The molecule has 1 aromatic carbocycles. The van der Waals surface area contributed by atoms with E-state index in [0.29, 0.717) is 5.92 Å². The largest absolute Gasteiger partial charge is 0.370 e. The average Bonchev–Trinajstić information content (AvgIpc) is 2.55. The number of anilines is 1. The lowest BCUT2D eigenvalue weighted by atomic mass is 9.97. The summed E-state index contributed by atoms with van der Waals surface area (Å²) < 4.78 is 0. The van der Waals surface area contributed by atoms with Gasteiger partial charge in [0.05, 0.1) is 0 Å². The fourth-order valence-electron chi connectivity index (χ4n) is 2.95. The molecule has 1 aromatic heterocycles. The summed E-state index contributed by atoms with van der Waals surface area (Å²) in [5.41, 5.74) is 1.40. The Morgan fingerprint density at radius 2 is 2.10 bits per heavy atom. The van der Waals surface area contributed by atoms with Crippen molar-refractivity contribution in [1.29, 1.82) is 0 Å². The second-order valence-corrected chi connectivity index (χ2v) is 5.70. The van der Waals surface area contributed by atoms with E-state index in [1.54, 1.807) is 12.5 Å². The van der Waals surface area contributed by atoms with Gasteiger partial charge in [0.2, 0.25) is 0 Å². The Labute approximate surface area is 126 Å². The maximum Gasteiger partial charge on any atom is 0.129 e. The van der Waals surface area contributed by atoms with Crippen LogP contribution < -0.4 is 5.32 Å². The van der Waals surface area contributed by atoms with E-state index < -0.39 is 0 Å². The zero-order valence-corrected chi connectivity index (χ0v) is 12.3. The molecule has 2 heterocycles. The van der Waals surface area contributed by atoms with Gasteiger partial charge in [-0.3, -0.25) is 4.90 Å². The van der Waals surface area contributed by atoms with Crippen molar-refractivity contribution in [2.45, 2.75) is 19.4 Å². The SMILES string of the molecule is c1ccc(CN2CCC[C@H](CNc3ccncn3)C2)cc1. The lowest BCUT2D eigenvalue weighted by Gasteiger charge is -2.33. The number of rotatable bonds is 5. The summed E-state index contributed by atoms with van der Waals surface area (Å²) in [4.78, 5) is 10.7. The standard InChI is InChI=1S/C17H22N4/c1-2-5-15(6-3-1)12-21-10-4-7-16(13-21)11-19-17-8-9-18-14-20-17/h1-3,5-6,8-9,14,16H,4,7,10-13H2,(H,18,19,20)/t16-/m1/s1. The highest BCUT2D eigenvalue weighted by Gasteiger charge is 2.19. The first kappa shape index (κ1) is 14.0. The average molecular weight is 282 g/mol. The summed E-state index contributed by atoms with van der Waals surface area (Å²) >= 11 is 0. The van der Waals surface area contributed by atoms with Crippen molar-refractivity contribution >= 4 is 5.82 Å². The van der Waals surface area contributed by atoms with Crippen LogP contribution in [0, 0.1) is 5.92 Å². The molecule has 1 aliphatic heterocycles. The van der Waals surface area contributed by atoms with Gasteiger partial charge in [-0.05, 0) is 36.9 Å². The van der Waals surface area contributed by atoms with Crippen molar-refractivity contribution in [3.63, 3.8) is 0 Å². The minimum absolute atomic E-state index is 0.692. The van der Waals surface area contributed by atoms with Crippen molar-refractivity contribution in [3.8, 4) is 0 Å². The maximum absolute atomic E-state index is 4.21. The van der Waals surface area contributed by atoms with Crippen LogP contribution in [0.1, 0.15) is 18.4 Å². The van der Waals surface area contributed by atoms with Crippen LogP contribution in [0.3, 0.4) is 0 Å². The lowest BCUT2D eigenvalue weighted by Crippen LogP contribution is -2.37. The number of hydrogen-bond donors (Lipinski definition) is 1. The van der Waals surface area contributed by atoms with Crippen LogP contribution in [-0.4, -0.2) is 34.5 Å². The van der Waals surface area contributed by atoms with E-state index >= 15 is 0 Å². The van der Waals surface area contributed by atoms with Gasteiger partial charge in [0.1, 0.15) is 12.1 Å². The van der Waals surface area contributed by atoms with Crippen molar-refractivity contribution < 1.29 is 0 Å². The smallest absolute Gasteiger partial charge is 0.129 e. The molecule has 4 nitrogen and oxygen atoms in total. The van der Waals surface area contributed by atoms with Crippen LogP contribution in [0.5, 0.6) is 0 Å². The molecule has 0 bridgehead atoms. The molecule has 0 aliphatic carbocycles. The van der Waals surface area contributed by atoms with Gasteiger partial charge in [0.15, 0.2) is 0 Å². The molecule has 4 heteroatoms. The van der Waals surface area contributed by atoms with Crippen molar-refractivity contribution in [1.82, 2.24) is 14.9 Å². The second-order valence-electron chi connectivity index (χ2n) is 5.70. The minimum atomic E-state index is 0.692. The first-order chi connectivity index (χ1) is 10.4. The predicted octanol–water partition coefficient (Wildman–Crippen LogP) is 2.80. The Hall–Kier alpha value is -1.94. The van der Waals surface area contributed by atoms with Crippen molar-refractivity contribution in [2.24, 2.45) is 5.92 Å². The fourth-order valence-corrected chi connectivity index (χ4v) is 2.95. The van der Waals surface area contributed by atoms with E-state index in [0.717, 1.165) is 25.5 Å². The van der Waals surface area contributed by atoms with Crippen LogP contribution >= 0.6 is 0 Å². The molecule has 1 fully saturated rings. The molecule has 2 aromatic rings. The van der Waals surface area contributed by atoms with E-state index in [-0.39, 0.29) is 0 Å². The van der Waals surface area contributed by atoms with Crippen LogP contribution in [-0.2, 0) is 6.54 Å². The van der Waals surface area contributed by atoms with Crippen LogP contribution in [0.25, 0.3) is 0 Å². The Morgan fingerprint density at radius 3 is 2.90 bits per heavy atom. The van der Waals surface area contributed by atoms with Gasteiger partial charge < -0.3 is 5.32 Å². The summed E-state index contributed by atoms with van der Waals surface area (Å²) in [6.45, 7) is 4.42. The first-order valence-electron chi connectivity index (χ1n) is 7.66. The number of likely N-dealkylation sites (tertiary alicyclic amines) is 1. The number of hydrogen-bond acceptors (Lipinski definition) is 4. The third-order valence-electron chi connectivity index (χ3n) is 4.01. The summed E-state index contributed by atoms with van der Waals surface area (Å²) in [7, 11) is 0. The van der Waals surface area contributed by atoms with Gasteiger partial charge >= 0.3 is 0 Å². The minimum Gasteiger partial charge on any atom is -0.370 e. The number of piperidine rings is 1. The summed E-state index contributed by atoms with van der Waals surface area (Å²) in [5, 5.41) is 3.42. The van der Waals surface area contributed by atoms with Crippen LogP contribution in [0.2, 0.25) is 0 Å². The molecule has 0 radical (unpaired) electrons. The normalized spacial score (nSPS) is 19.3. The highest BCUT2D eigenvalue weighted by molar-refractivity contribution is 5.31. The second kappa shape index (κ2) is 7.18. The molecule has 0 amide bonds. The first-order valence-corrected chi connectivity index (χ1v) is 7.66. The van der Waals surface area contributed by atoms with E-state index in [1.165, 1.54) is 24.9 Å². The fraction of sp³-hybridized carbons (Fsp3) is 0.412. The summed E-state index contributed by atoms with van der Waals surface area (Å²) in [5.74, 6) is 1.61. The molecular formula is C17H22N4. The molecule has 0 spiro atoms. The molecule has 3 rings (SSSR count). The Morgan fingerprint density at radius 1 is 1.19 bits per heavy atom. The van der Waals surface area contributed by atoms with Crippen LogP contribution in [0.4, 0.5) is 5.82 Å². The molecule has 1 N–H and O–H groups in total. The van der Waals surface area contributed by atoms with E-state index in [4.69, 9.17) is 0 Å². The van der Waals surface area contributed by atoms with E-state index in [1.807, 2.05) is 6.07 Å². The highest BCUT2D eigenvalue weighted by atomic mass is 15.1. The summed E-state index contributed by atoms with van der Waals surface area (Å²) in [6.07, 6.45) is 5.94. The number of aromatic nitrogens is 2. The van der Waals surface area contributed by atoms with E-state index in [2.05, 4.69) is 50.5 Å². The van der Waals surface area contributed by atoms with Gasteiger partial charge in [-0.25, -0.2) is 9.97 Å².